The molecule has 84 valence electrons. The molecule has 0 spiro atoms. The number of nitrogens with one attached hydrogen (secondary N) is 1. The maximum Gasteiger partial charge on any atom is 0.471 e. The van der Waals surface area contributed by atoms with E-state index in [1.54, 1.807) is 0 Å². The van der Waals surface area contributed by atoms with Crippen LogP contribution in [0.1, 0.15) is 6.42 Å². The van der Waals surface area contributed by atoms with Gasteiger partial charge in [0.25, 0.3) is 0 Å². The molecule has 0 aromatic carbocycles. The summed E-state index contributed by atoms with van der Waals surface area (Å²) in [4.78, 5) is 21.2. The molecule has 0 bridgehead atoms. The van der Waals surface area contributed by atoms with Gasteiger partial charge in [-0.3, -0.25) is 4.79 Å². The second-order valence-electron chi connectivity index (χ2n) is 2.41. The average Bonchev–Trinajstić information content (AvgIpc) is 2.14. The molecule has 0 saturated carbocycles. The Labute approximate surface area is 82.8 Å². The second kappa shape index (κ2) is 5.19. The first-order valence-electron chi connectivity index (χ1n) is 3.65. The van der Waals surface area contributed by atoms with Crippen molar-refractivity contribution in [3.8, 4) is 6.07 Å². The molecule has 0 saturated heterocycles. The molecule has 0 rings (SSSR count). The van der Waals surface area contributed by atoms with E-state index in [4.69, 9.17) is 5.26 Å². The number of halogens is 3. The van der Waals surface area contributed by atoms with Crippen LogP contribution in [0.5, 0.6) is 0 Å². The molecule has 5 nitrogen and oxygen atoms in total. The number of nitrogens with zero attached hydrogens (tertiary/aromatic N) is 1. The van der Waals surface area contributed by atoms with Crippen LogP contribution in [0.3, 0.4) is 0 Å². The van der Waals surface area contributed by atoms with Gasteiger partial charge >= 0.3 is 18.1 Å². The first-order valence-corrected chi connectivity index (χ1v) is 3.65. The van der Waals surface area contributed by atoms with E-state index in [0.717, 1.165) is 7.11 Å². The predicted molar refractivity (Wildman–Crippen MR) is 40.2 cm³/mol. The van der Waals surface area contributed by atoms with Crippen LogP contribution in [0.25, 0.3) is 0 Å². The van der Waals surface area contributed by atoms with Crippen molar-refractivity contribution >= 4 is 11.9 Å². The molecular weight excluding hydrogens is 217 g/mol. The Balaban J connectivity index is 4.50. The molecule has 0 radical (unpaired) electrons. The first-order chi connectivity index (χ1) is 6.82. The van der Waals surface area contributed by atoms with E-state index >= 15 is 0 Å². The second-order valence-corrected chi connectivity index (χ2v) is 2.41. The zero-order chi connectivity index (χ0) is 12.1. The number of carbonyl (C=O) groups excluding carboxylic acids is 2. The van der Waals surface area contributed by atoms with Crippen LogP contribution in [0.2, 0.25) is 0 Å². The van der Waals surface area contributed by atoms with Gasteiger partial charge in [-0.15, -0.1) is 0 Å². The van der Waals surface area contributed by atoms with Gasteiger partial charge in [0.2, 0.25) is 0 Å². The fourth-order valence-corrected chi connectivity index (χ4v) is 0.667. The van der Waals surface area contributed by atoms with E-state index in [-0.39, 0.29) is 0 Å². The quantitative estimate of drug-likeness (QED) is 0.690. The molecule has 1 amide bonds. The Kier molecular flexibility index (Phi) is 4.57. The van der Waals surface area contributed by atoms with Crippen molar-refractivity contribution in [2.75, 3.05) is 7.11 Å². The lowest BCUT2D eigenvalue weighted by molar-refractivity contribution is -0.175. The summed E-state index contributed by atoms with van der Waals surface area (Å²) >= 11 is 0. The van der Waals surface area contributed by atoms with Crippen LogP contribution in [-0.4, -0.2) is 31.2 Å². The van der Waals surface area contributed by atoms with Crippen molar-refractivity contribution in [3.63, 3.8) is 0 Å². The number of carbonyl (C=O) groups is 2. The van der Waals surface area contributed by atoms with Gasteiger partial charge in [0, 0.05) is 0 Å². The fraction of sp³-hybridized carbons (Fsp3) is 0.571. The van der Waals surface area contributed by atoms with Gasteiger partial charge in [0.15, 0.2) is 0 Å². The van der Waals surface area contributed by atoms with E-state index in [1.807, 2.05) is 0 Å². The van der Waals surface area contributed by atoms with Crippen LogP contribution in [0, 0.1) is 11.3 Å². The third kappa shape index (κ3) is 4.30. The van der Waals surface area contributed by atoms with Gasteiger partial charge < -0.3 is 10.1 Å². The Morgan fingerprint density at radius 3 is 2.40 bits per heavy atom. The minimum absolute atomic E-state index is 0.589. The van der Waals surface area contributed by atoms with Crippen molar-refractivity contribution in [1.29, 1.82) is 5.26 Å². The predicted octanol–water partition coefficient (Wildman–Crippen LogP) is 0.120. The molecule has 0 aliphatic carbocycles. The van der Waals surface area contributed by atoms with Crippen molar-refractivity contribution in [3.05, 3.63) is 0 Å². The summed E-state index contributed by atoms with van der Waals surface area (Å²) in [6.07, 6.45) is -5.68. The number of hydrogen-bond donors (Lipinski definition) is 1. The number of esters is 1. The molecular formula is C7H7F3N2O3. The molecule has 8 heteroatoms. The van der Waals surface area contributed by atoms with Gasteiger partial charge in [-0.1, -0.05) is 0 Å². The van der Waals surface area contributed by atoms with E-state index in [2.05, 4.69) is 4.74 Å². The molecule has 0 aliphatic heterocycles. The maximum absolute atomic E-state index is 11.8. The van der Waals surface area contributed by atoms with Crippen LogP contribution in [-0.2, 0) is 14.3 Å². The van der Waals surface area contributed by atoms with Gasteiger partial charge in [-0.2, -0.15) is 18.4 Å². The molecule has 0 aliphatic rings. The van der Waals surface area contributed by atoms with Crippen LogP contribution >= 0.6 is 0 Å². The number of methoxy groups -OCH3 is 1. The van der Waals surface area contributed by atoms with Crippen molar-refractivity contribution in [1.82, 2.24) is 5.32 Å². The third-order valence-electron chi connectivity index (χ3n) is 1.34. The highest BCUT2D eigenvalue weighted by atomic mass is 19.4. The van der Waals surface area contributed by atoms with E-state index in [9.17, 15) is 22.8 Å². The monoisotopic (exact) mass is 224 g/mol. The standard InChI is InChI=1S/C7H7F3N2O3/c1-15-5(13)4(2-3-11)12-6(14)7(8,9)10/h4H,2H2,1H3,(H,12,14)/t4-/m1/s1. The number of amides is 1. The molecule has 0 fully saturated rings. The SMILES string of the molecule is COC(=O)[C@@H](CC#N)NC(=O)C(F)(F)F. The van der Waals surface area contributed by atoms with E-state index in [1.165, 1.54) is 11.4 Å². The van der Waals surface area contributed by atoms with Crippen LogP contribution in [0.4, 0.5) is 13.2 Å². The number of ether oxygens (including phenoxy) is 1. The average molecular weight is 224 g/mol. The topological polar surface area (TPSA) is 79.2 Å². The normalized spacial score (nSPS) is 12.5. The van der Waals surface area contributed by atoms with Crippen molar-refractivity contribution < 1.29 is 27.5 Å². The van der Waals surface area contributed by atoms with Crippen LogP contribution in [0.15, 0.2) is 0 Å². The number of rotatable bonds is 3. The highest BCUT2D eigenvalue weighted by Crippen LogP contribution is 2.14. The Hall–Kier alpha value is -1.78. The van der Waals surface area contributed by atoms with Crippen LogP contribution < -0.4 is 5.32 Å². The molecule has 0 unspecified atom stereocenters. The van der Waals surface area contributed by atoms with E-state index < -0.39 is 30.5 Å². The van der Waals surface area contributed by atoms with Gasteiger partial charge in [-0.05, 0) is 0 Å². The summed E-state index contributed by atoms with van der Waals surface area (Å²) in [5, 5.41) is 9.55. The highest BCUT2D eigenvalue weighted by molar-refractivity contribution is 5.87. The molecule has 0 heterocycles. The van der Waals surface area contributed by atoms with E-state index in [0.29, 0.717) is 0 Å². The van der Waals surface area contributed by atoms with Gasteiger partial charge in [0.05, 0.1) is 19.6 Å². The molecule has 1 N–H and O–H groups in total. The molecule has 15 heavy (non-hydrogen) atoms. The summed E-state index contributed by atoms with van der Waals surface area (Å²) in [7, 11) is 0.937. The van der Waals surface area contributed by atoms with Crippen molar-refractivity contribution in [2.45, 2.75) is 18.6 Å². The first kappa shape index (κ1) is 13.2. The maximum atomic E-state index is 11.8. The van der Waals surface area contributed by atoms with Gasteiger partial charge in [-0.25, -0.2) is 4.79 Å². The summed E-state index contributed by atoms with van der Waals surface area (Å²) < 4.78 is 39.4. The minimum Gasteiger partial charge on any atom is -0.467 e. The van der Waals surface area contributed by atoms with Gasteiger partial charge in [0.1, 0.15) is 6.04 Å². The third-order valence-corrected chi connectivity index (χ3v) is 1.34. The smallest absolute Gasteiger partial charge is 0.467 e. The Bertz CT molecular complexity index is 295. The number of nitriles is 1. The summed E-state index contributed by atoms with van der Waals surface area (Å²) in [5.74, 6) is -3.39. The lowest BCUT2D eigenvalue weighted by Crippen LogP contribution is -2.47. The number of alkyl halides is 3. The Morgan fingerprint density at radius 2 is 2.07 bits per heavy atom. The molecule has 0 aromatic heterocycles. The lowest BCUT2D eigenvalue weighted by atomic mass is 10.2. The minimum atomic E-state index is -5.10. The number of hydrogen-bond acceptors (Lipinski definition) is 4. The summed E-state index contributed by atoms with van der Waals surface area (Å²) in [5.41, 5.74) is 0. The Morgan fingerprint density at radius 1 is 1.53 bits per heavy atom. The lowest BCUT2D eigenvalue weighted by Gasteiger charge is -2.14. The summed E-state index contributed by atoms with van der Waals surface area (Å²) in [6, 6.07) is -0.146. The molecule has 0 aromatic rings. The zero-order valence-corrected chi connectivity index (χ0v) is 7.59. The zero-order valence-electron chi connectivity index (χ0n) is 7.59. The fourth-order valence-electron chi connectivity index (χ4n) is 0.667. The largest absolute Gasteiger partial charge is 0.471 e. The summed E-state index contributed by atoms with van der Waals surface area (Å²) in [6.45, 7) is 0. The van der Waals surface area contributed by atoms with Crippen molar-refractivity contribution in [2.24, 2.45) is 0 Å². The molecule has 1 atom stereocenters. The highest BCUT2D eigenvalue weighted by Gasteiger charge is 2.40.